The van der Waals surface area contributed by atoms with E-state index in [0.29, 0.717) is 12.7 Å². The van der Waals surface area contributed by atoms with Crippen molar-refractivity contribution in [2.45, 2.75) is 84.8 Å². The second-order valence-corrected chi connectivity index (χ2v) is 8.01. The summed E-state index contributed by atoms with van der Waals surface area (Å²) in [5, 5.41) is 0. The molecule has 1 aliphatic carbocycles. The van der Waals surface area contributed by atoms with Crippen LogP contribution in [-0.2, 0) is 14.3 Å². The highest BCUT2D eigenvalue weighted by Gasteiger charge is 2.50. The second kappa shape index (κ2) is 8.84. The van der Waals surface area contributed by atoms with Gasteiger partial charge in [-0.1, -0.05) is 41.9 Å². The first-order chi connectivity index (χ1) is 11.8. The topological polar surface area (TPSA) is 38.8 Å². The first kappa shape index (κ1) is 20.0. The Morgan fingerprint density at radius 2 is 2.04 bits per heavy atom. The molecule has 2 rings (SSSR count). The zero-order chi connectivity index (χ0) is 18.4. The van der Waals surface area contributed by atoms with Gasteiger partial charge >= 0.3 is 5.97 Å². The normalized spacial score (nSPS) is 35.6. The smallest absolute Gasteiger partial charge is 0.302 e. The zero-order valence-electron chi connectivity index (χ0n) is 16.6. The highest BCUT2D eigenvalue weighted by Crippen LogP contribution is 2.44. The van der Waals surface area contributed by atoms with Crippen LogP contribution in [0.1, 0.15) is 73.1 Å². The van der Waals surface area contributed by atoms with Gasteiger partial charge in [-0.25, -0.2) is 0 Å². The third-order valence-corrected chi connectivity index (χ3v) is 5.53. The van der Waals surface area contributed by atoms with Gasteiger partial charge < -0.3 is 9.47 Å². The van der Waals surface area contributed by atoms with Crippen molar-refractivity contribution in [2.75, 3.05) is 6.61 Å². The van der Waals surface area contributed by atoms with Crippen molar-refractivity contribution < 1.29 is 14.3 Å². The number of esters is 1. The maximum atomic E-state index is 11.1. The molecule has 1 saturated heterocycles. The van der Waals surface area contributed by atoms with Gasteiger partial charge in [-0.2, -0.15) is 0 Å². The molecule has 0 amide bonds. The minimum Gasteiger partial charge on any atom is -0.465 e. The summed E-state index contributed by atoms with van der Waals surface area (Å²) >= 11 is 0. The quantitative estimate of drug-likeness (QED) is 0.384. The Bertz CT molecular complexity index is 570. The SMILES string of the molecule is CC(=O)OC[C@@H](C)/C1=C/C=C(\C)CC/C=C(\C)CC[C@H]2O[C@]2(C)CC1. The van der Waals surface area contributed by atoms with Crippen molar-refractivity contribution in [2.24, 2.45) is 5.92 Å². The molecule has 0 unspecified atom stereocenters. The van der Waals surface area contributed by atoms with Crippen molar-refractivity contribution in [3.8, 4) is 0 Å². The van der Waals surface area contributed by atoms with Crippen LogP contribution in [0.2, 0.25) is 0 Å². The standard InChI is InChI=1S/C22H34O3/c1-16-7-6-8-17(2)10-12-21-22(5,25-21)14-13-20(11-9-16)18(3)15-24-19(4)23/h8-9,11,18,21H,6-7,10,12-15H2,1-5H3/b16-9+,17-8+,20-11+/t18-,21-,22-/m1/s1. The predicted molar refractivity (Wildman–Crippen MR) is 102 cm³/mol. The van der Waals surface area contributed by atoms with E-state index in [4.69, 9.17) is 9.47 Å². The molecule has 0 N–H and O–H groups in total. The molecule has 0 aromatic heterocycles. The molecule has 0 radical (unpaired) electrons. The molecule has 140 valence electrons. The maximum Gasteiger partial charge on any atom is 0.302 e. The van der Waals surface area contributed by atoms with Crippen LogP contribution in [0.5, 0.6) is 0 Å². The monoisotopic (exact) mass is 346 g/mol. The van der Waals surface area contributed by atoms with E-state index in [9.17, 15) is 4.79 Å². The van der Waals surface area contributed by atoms with E-state index in [0.717, 1.165) is 38.5 Å². The van der Waals surface area contributed by atoms with Gasteiger partial charge in [0.2, 0.25) is 0 Å². The van der Waals surface area contributed by atoms with Gasteiger partial charge in [0.1, 0.15) is 0 Å². The number of carbonyl (C=O) groups is 1. The summed E-state index contributed by atoms with van der Waals surface area (Å²) in [6.07, 6.45) is 13.7. The zero-order valence-corrected chi connectivity index (χ0v) is 16.6. The van der Waals surface area contributed by atoms with E-state index in [-0.39, 0.29) is 17.5 Å². The van der Waals surface area contributed by atoms with Crippen molar-refractivity contribution in [1.29, 1.82) is 0 Å². The molecule has 2 aliphatic rings. The lowest BCUT2D eigenvalue weighted by atomic mass is 9.89. The van der Waals surface area contributed by atoms with Crippen molar-refractivity contribution >= 4 is 5.97 Å². The Balaban J connectivity index is 2.11. The third kappa shape index (κ3) is 6.47. The van der Waals surface area contributed by atoms with Gasteiger partial charge in [-0.3, -0.25) is 4.79 Å². The highest BCUT2D eigenvalue weighted by molar-refractivity contribution is 5.65. The number of rotatable bonds is 3. The summed E-state index contributed by atoms with van der Waals surface area (Å²) in [6.45, 7) is 10.7. The molecule has 0 saturated carbocycles. The van der Waals surface area contributed by atoms with E-state index in [1.54, 1.807) is 0 Å². The molecular weight excluding hydrogens is 312 g/mol. The van der Waals surface area contributed by atoms with Gasteiger partial charge in [0, 0.05) is 12.8 Å². The lowest BCUT2D eigenvalue weighted by Gasteiger charge is -2.17. The van der Waals surface area contributed by atoms with Crippen LogP contribution >= 0.6 is 0 Å². The first-order valence-corrected chi connectivity index (χ1v) is 9.63. The molecule has 0 aromatic rings. The number of carbonyl (C=O) groups excluding carboxylic acids is 1. The van der Waals surface area contributed by atoms with E-state index in [1.165, 1.54) is 23.6 Å². The third-order valence-electron chi connectivity index (χ3n) is 5.53. The summed E-state index contributed by atoms with van der Waals surface area (Å²) in [7, 11) is 0. The minimum absolute atomic E-state index is 0.0173. The Hall–Kier alpha value is -1.35. The van der Waals surface area contributed by atoms with Gasteiger partial charge in [0.15, 0.2) is 0 Å². The van der Waals surface area contributed by atoms with Crippen molar-refractivity contribution in [3.05, 3.63) is 34.9 Å². The number of hydrogen-bond donors (Lipinski definition) is 0. The minimum atomic E-state index is -0.209. The van der Waals surface area contributed by atoms with Crippen LogP contribution < -0.4 is 0 Å². The number of hydrogen-bond acceptors (Lipinski definition) is 3. The lowest BCUT2D eigenvalue weighted by molar-refractivity contribution is -0.141. The maximum absolute atomic E-state index is 11.1. The molecule has 0 bridgehead atoms. The number of allylic oxidation sites excluding steroid dienone is 5. The van der Waals surface area contributed by atoms with Gasteiger partial charge in [-0.05, 0) is 59.3 Å². The van der Waals surface area contributed by atoms with Gasteiger partial charge in [0.25, 0.3) is 0 Å². The Morgan fingerprint density at radius 1 is 1.28 bits per heavy atom. The molecule has 25 heavy (non-hydrogen) atoms. The van der Waals surface area contributed by atoms with Gasteiger partial charge in [0.05, 0.1) is 18.3 Å². The summed E-state index contributed by atoms with van der Waals surface area (Å²) in [4.78, 5) is 11.1. The molecule has 3 nitrogen and oxygen atoms in total. The molecule has 3 atom stereocenters. The fourth-order valence-electron chi connectivity index (χ4n) is 3.45. The fraction of sp³-hybridized carbons (Fsp3) is 0.682. The summed E-state index contributed by atoms with van der Waals surface area (Å²) in [5.74, 6) is 0.0311. The van der Waals surface area contributed by atoms with E-state index >= 15 is 0 Å². The highest BCUT2D eigenvalue weighted by atomic mass is 16.6. The Labute approximate surface area is 153 Å². The number of ether oxygens (including phenoxy) is 2. The van der Waals surface area contributed by atoms with E-state index in [2.05, 4.69) is 45.9 Å². The predicted octanol–water partition coefficient (Wildman–Crippen LogP) is 5.52. The summed E-state index contributed by atoms with van der Waals surface area (Å²) < 4.78 is 11.2. The second-order valence-electron chi connectivity index (χ2n) is 8.01. The molecule has 1 fully saturated rings. The number of fused-ring (bicyclic) bond motifs is 1. The van der Waals surface area contributed by atoms with Crippen LogP contribution in [0.15, 0.2) is 34.9 Å². The summed E-state index contributed by atoms with van der Waals surface area (Å²) in [6, 6.07) is 0. The van der Waals surface area contributed by atoms with Crippen LogP contribution in [-0.4, -0.2) is 24.3 Å². The van der Waals surface area contributed by atoms with Crippen LogP contribution in [0.3, 0.4) is 0 Å². The van der Waals surface area contributed by atoms with Crippen molar-refractivity contribution in [1.82, 2.24) is 0 Å². The first-order valence-electron chi connectivity index (χ1n) is 9.63. The fourth-order valence-corrected chi connectivity index (χ4v) is 3.45. The van der Waals surface area contributed by atoms with Crippen molar-refractivity contribution in [3.63, 3.8) is 0 Å². The van der Waals surface area contributed by atoms with Crippen LogP contribution in [0.4, 0.5) is 0 Å². The molecule has 1 heterocycles. The van der Waals surface area contributed by atoms with Crippen LogP contribution in [0, 0.1) is 5.92 Å². The largest absolute Gasteiger partial charge is 0.465 e. The Morgan fingerprint density at radius 3 is 2.76 bits per heavy atom. The number of epoxide rings is 1. The lowest BCUT2D eigenvalue weighted by Crippen LogP contribution is -2.15. The van der Waals surface area contributed by atoms with Gasteiger partial charge in [-0.15, -0.1) is 0 Å². The van der Waals surface area contributed by atoms with E-state index < -0.39 is 0 Å². The summed E-state index contributed by atoms with van der Waals surface area (Å²) in [5.41, 5.74) is 4.24. The molecule has 1 aliphatic heterocycles. The van der Waals surface area contributed by atoms with E-state index in [1.807, 2.05) is 0 Å². The molecule has 3 heteroatoms. The average molecular weight is 347 g/mol. The van der Waals surface area contributed by atoms with Crippen LogP contribution in [0.25, 0.3) is 0 Å². The average Bonchev–Trinajstić information content (AvgIpc) is 3.20. The Kier molecular flexibility index (Phi) is 7.06. The molecular formula is C22H34O3. The molecule has 0 spiro atoms. The molecule has 0 aromatic carbocycles.